The molecule has 0 aromatic heterocycles. The van der Waals surface area contributed by atoms with E-state index in [1.165, 1.54) is 81.9 Å². The molecule has 4 rings (SSSR count). The zero-order chi connectivity index (χ0) is 40.5. The molecular weight excluding hydrogens is 731 g/mol. The summed E-state index contributed by atoms with van der Waals surface area (Å²) in [7, 11) is -1.13. The summed E-state index contributed by atoms with van der Waals surface area (Å²) in [5.41, 5.74) is 2.43. The van der Waals surface area contributed by atoms with Crippen LogP contribution >= 0.6 is 0 Å². The van der Waals surface area contributed by atoms with Crippen molar-refractivity contribution in [3.05, 3.63) is 71.8 Å². The van der Waals surface area contributed by atoms with Crippen LogP contribution in [0.3, 0.4) is 0 Å². The van der Waals surface area contributed by atoms with Crippen LogP contribution in [-0.2, 0) is 19.6 Å². The number of sulfonamides is 1. The standard InChI is InChI=1S/C43H59N5O7S/c1-6-8-9-10-11-12-13-14-15-16-17-20-29-55-43(51)33-23-26-38(54-5)36(31-33)45-42(50)40(41-46-56(52,53)39-22-19-18-21-37(39)47(41)4)44-35-25-24-34(30-32(35)3)48(7-2)27-28-49/h18-19,21-26,30-31,49H,6-17,20,27-29H2,1-5H3,(H,45,50). The van der Waals surface area contributed by atoms with Crippen LogP contribution in [0.2, 0.25) is 0 Å². The number of methoxy groups -OCH3 is 1. The summed E-state index contributed by atoms with van der Waals surface area (Å²) in [5.74, 6) is -1.21. The van der Waals surface area contributed by atoms with Gasteiger partial charge in [-0.25, -0.2) is 9.79 Å². The van der Waals surface area contributed by atoms with E-state index >= 15 is 0 Å². The van der Waals surface area contributed by atoms with Crippen LogP contribution in [0.25, 0.3) is 0 Å². The topological polar surface area (TPSA) is 150 Å². The van der Waals surface area contributed by atoms with Gasteiger partial charge < -0.3 is 29.7 Å². The first-order valence-corrected chi connectivity index (χ1v) is 21.4. The van der Waals surface area contributed by atoms with Gasteiger partial charge >= 0.3 is 5.97 Å². The fraction of sp³-hybridized carbons (Fsp3) is 0.488. The number of nitrogens with one attached hydrogen (secondary N) is 1. The molecule has 1 heterocycles. The van der Waals surface area contributed by atoms with Crippen molar-refractivity contribution in [1.82, 2.24) is 0 Å². The Kier molecular flexibility index (Phi) is 17.4. The van der Waals surface area contributed by atoms with E-state index in [1.54, 1.807) is 43.4 Å². The molecule has 1 amide bonds. The lowest BCUT2D eigenvalue weighted by atomic mass is 10.1. The van der Waals surface area contributed by atoms with Crippen molar-refractivity contribution in [3.63, 3.8) is 0 Å². The smallest absolute Gasteiger partial charge is 0.338 e. The Balaban J connectivity index is 1.51. The fourth-order valence-corrected chi connectivity index (χ4v) is 7.93. The Morgan fingerprint density at radius 1 is 0.893 bits per heavy atom. The van der Waals surface area contributed by atoms with Crippen LogP contribution in [0.5, 0.6) is 5.75 Å². The largest absolute Gasteiger partial charge is 0.495 e. The number of hydrogen-bond donors (Lipinski definition) is 2. The second-order valence-corrected chi connectivity index (χ2v) is 15.6. The Hall–Kier alpha value is -4.75. The lowest BCUT2D eigenvalue weighted by Gasteiger charge is -2.27. The number of ether oxygens (including phenoxy) is 2. The summed E-state index contributed by atoms with van der Waals surface area (Å²) in [4.78, 5) is 35.6. The molecule has 12 nitrogen and oxygen atoms in total. The lowest BCUT2D eigenvalue weighted by molar-refractivity contribution is -0.110. The number of carbonyl (C=O) groups is 2. The highest BCUT2D eigenvalue weighted by Gasteiger charge is 2.34. The molecule has 13 heteroatoms. The molecular formula is C43H59N5O7S. The molecule has 2 N–H and O–H groups in total. The SMILES string of the molecule is CCCCCCCCCCCCCCOC(=O)c1ccc(OC)c(NC(=O)C(=Nc2ccc(N(CC)CCO)cc2C)C2=NS(=O)(=O)c3ccccc3N2C)c1. The van der Waals surface area contributed by atoms with E-state index in [2.05, 4.69) is 16.6 Å². The highest BCUT2D eigenvalue weighted by atomic mass is 32.2. The first-order chi connectivity index (χ1) is 27.0. The number of anilines is 3. The van der Waals surface area contributed by atoms with Gasteiger partial charge in [-0.3, -0.25) is 4.79 Å². The number of rotatable bonds is 23. The zero-order valence-corrected chi connectivity index (χ0v) is 34.5. The molecule has 0 saturated carbocycles. The lowest BCUT2D eigenvalue weighted by Crippen LogP contribution is -2.43. The molecule has 3 aromatic rings. The number of aliphatic hydroxyl groups excluding tert-OH is 1. The molecule has 0 unspecified atom stereocenters. The monoisotopic (exact) mass is 789 g/mol. The number of esters is 1. The number of carbonyl (C=O) groups excluding carboxylic acids is 2. The Morgan fingerprint density at radius 3 is 2.18 bits per heavy atom. The molecule has 0 atom stereocenters. The van der Waals surface area contributed by atoms with Crippen molar-refractivity contribution in [1.29, 1.82) is 0 Å². The van der Waals surface area contributed by atoms with Gasteiger partial charge in [0.1, 0.15) is 10.6 Å². The second kappa shape index (κ2) is 22.1. The van der Waals surface area contributed by atoms with E-state index in [1.807, 2.05) is 30.9 Å². The average Bonchev–Trinajstić information content (AvgIpc) is 3.19. The van der Waals surface area contributed by atoms with Gasteiger partial charge in [0.15, 0.2) is 11.5 Å². The van der Waals surface area contributed by atoms with Gasteiger partial charge in [-0.2, -0.15) is 8.42 Å². The number of amidine groups is 1. The normalized spacial score (nSPS) is 13.5. The molecule has 304 valence electrons. The average molecular weight is 790 g/mol. The molecule has 1 aliphatic rings. The van der Waals surface area contributed by atoms with Gasteiger partial charge in [0.25, 0.3) is 15.9 Å². The summed E-state index contributed by atoms with van der Waals surface area (Å²) in [5, 5.41) is 12.3. The van der Waals surface area contributed by atoms with Crippen molar-refractivity contribution in [2.45, 2.75) is 103 Å². The van der Waals surface area contributed by atoms with E-state index in [9.17, 15) is 23.1 Å². The van der Waals surface area contributed by atoms with E-state index in [4.69, 9.17) is 14.5 Å². The summed E-state index contributed by atoms with van der Waals surface area (Å²) in [6.45, 7) is 7.44. The molecule has 0 spiro atoms. The number of para-hydroxylation sites is 1. The molecule has 0 radical (unpaired) electrons. The van der Waals surface area contributed by atoms with Crippen molar-refractivity contribution >= 4 is 56.2 Å². The van der Waals surface area contributed by atoms with Crippen molar-refractivity contribution in [2.75, 3.05) is 55.6 Å². The molecule has 1 aliphatic heterocycles. The Labute approximate surface area is 333 Å². The van der Waals surface area contributed by atoms with Gasteiger partial charge in [0.2, 0.25) is 0 Å². The number of aliphatic hydroxyl groups is 1. The Bertz CT molecular complexity index is 1950. The van der Waals surface area contributed by atoms with E-state index in [0.717, 1.165) is 24.9 Å². The zero-order valence-electron chi connectivity index (χ0n) is 33.7. The third-order valence-electron chi connectivity index (χ3n) is 9.90. The quantitative estimate of drug-likeness (QED) is 0.0547. The summed E-state index contributed by atoms with van der Waals surface area (Å²) in [6.07, 6.45) is 14.5. The highest BCUT2D eigenvalue weighted by molar-refractivity contribution is 7.90. The number of unbranched alkanes of at least 4 members (excludes halogenated alkanes) is 11. The van der Waals surface area contributed by atoms with Gasteiger partial charge in [-0.15, -0.1) is 4.40 Å². The fourth-order valence-electron chi connectivity index (χ4n) is 6.67. The predicted molar refractivity (Wildman–Crippen MR) is 226 cm³/mol. The minimum Gasteiger partial charge on any atom is -0.495 e. The van der Waals surface area contributed by atoms with E-state index in [-0.39, 0.29) is 46.7 Å². The number of aliphatic imine (C=N–C) groups is 1. The van der Waals surface area contributed by atoms with Crippen LogP contribution in [0.4, 0.5) is 22.7 Å². The Morgan fingerprint density at radius 2 is 1.55 bits per heavy atom. The summed E-state index contributed by atoms with van der Waals surface area (Å²) < 4.78 is 42.0. The van der Waals surface area contributed by atoms with Gasteiger partial charge in [0, 0.05) is 25.8 Å². The third kappa shape index (κ3) is 12.1. The van der Waals surface area contributed by atoms with Crippen LogP contribution < -0.4 is 19.9 Å². The maximum Gasteiger partial charge on any atom is 0.338 e. The first kappa shape index (κ1) is 44.0. The van der Waals surface area contributed by atoms with Gasteiger partial charge in [-0.1, -0.05) is 89.7 Å². The van der Waals surface area contributed by atoms with Crippen molar-refractivity contribution in [3.8, 4) is 5.75 Å². The number of aryl methyl sites for hydroxylation is 1. The van der Waals surface area contributed by atoms with E-state index in [0.29, 0.717) is 30.0 Å². The molecule has 0 aliphatic carbocycles. The number of nitrogens with zero attached hydrogens (tertiary/aromatic N) is 4. The third-order valence-corrected chi connectivity index (χ3v) is 11.2. The molecule has 0 bridgehead atoms. The number of benzene rings is 3. The predicted octanol–water partition coefficient (Wildman–Crippen LogP) is 8.63. The second-order valence-electron chi connectivity index (χ2n) is 14.0. The highest BCUT2D eigenvalue weighted by Crippen LogP contribution is 2.33. The van der Waals surface area contributed by atoms with Gasteiger partial charge in [0.05, 0.1) is 42.9 Å². The number of likely N-dealkylation sites (N-methyl/N-ethyl adjacent to an activating group) is 1. The molecule has 56 heavy (non-hydrogen) atoms. The maximum absolute atomic E-state index is 14.3. The number of hydrogen-bond acceptors (Lipinski definition) is 10. The minimum atomic E-state index is -4.19. The summed E-state index contributed by atoms with van der Waals surface area (Å²) in [6, 6.07) is 16.5. The van der Waals surface area contributed by atoms with Crippen LogP contribution in [0.15, 0.2) is 74.9 Å². The van der Waals surface area contributed by atoms with Crippen LogP contribution in [0, 0.1) is 6.92 Å². The minimum absolute atomic E-state index is 0.00598. The van der Waals surface area contributed by atoms with Crippen LogP contribution in [-0.4, -0.2) is 77.4 Å². The van der Waals surface area contributed by atoms with Gasteiger partial charge in [-0.05, 0) is 74.4 Å². The van der Waals surface area contributed by atoms with E-state index < -0.39 is 21.9 Å². The molecule has 0 saturated heterocycles. The molecule has 3 aromatic carbocycles. The van der Waals surface area contributed by atoms with Crippen molar-refractivity contribution < 1.29 is 32.6 Å². The number of fused-ring (bicyclic) bond motifs is 1. The maximum atomic E-state index is 14.3. The first-order valence-electron chi connectivity index (χ1n) is 19.9. The molecule has 0 fully saturated rings. The van der Waals surface area contributed by atoms with Crippen molar-refractivity contribution in [2.24, 2.45) is 9.39 Å². The summed E-state index contributed by atoms with van der Waals surface area (Å²) >= 11 is 0. The van der Waals surface area contributed by atoms with Crippen LogP contribution in [0.1, 0.15) is 107 Å². The number of amides is 1.